The van der Waals surface area contributed by atoms with E-state index in [4.69, 9.17) is 0 Å². The second kappa shape index (κ2) is 8.18. The first-order chi connectivity index (χ1) is 15.6. The lowest BCUT2D eigenvalue weighted by atomic mass is 10.00. The number of aromatic nitrogens is 4. The summed E-state index contributed by atoms with van der Waals surface area (Å²) in [6.07, 6.45) is 0. The Labute approximate surface area is 187 Å². The number of alkyl halides is 2. The molecule has 2 aromatic carbocycles. The van der Waals surface area contributed by atoms with Gasteiger partial charge in [0, 0.05) is 37.5 Å². The summed E-state index contributed by atoms with van der Waals surface area (Å²) >= 11 is 0. The standard InChI is InChI=1S/C23H24F3N5O2/c1-12(14-7-6-8-17(20(14)24)23(25,26)11-33-5)27-21-16-10-19-18(30(3)22(32)31(19)4)9-15(16)13(2)28-29-21/h6-10,12H,11H2,1-5H3,(H,27,29)/t12-/m1/s1. The van der Waals surface area contributed by atoms with Gasteiger partial charge in [-0.25, -0.2) is 9.18 Å². The molecule has 1 atom stereocenters. The summed E-state index contributed by atoms with van der Waals surface area (Å²) in [4.78, 5) is 12.4. The average Bonchev–Trinajstić information content (AvgIpc) is 2.98. The average molecular weight is 459 g/mol. The highest BCUT2D eigenvalue weighted by atomic mass is 19.3. The third-order valence-corrected chi connectivity index (χ3v) is 5.92. The van der Waals surface area contributed by atoms with E-state index in [0.717, 1.165) is 24.1 Å². The second-order valence-electron chi connectivity index (χ2n) is 8.13. The number of ether oxygens (including phenoxy) is 1. The zero-order valence-electron chi connectivity index (χ0n) is 18.9. The Bertz CT molecular complexity index is 1430. The molecule has 0 aliphatic rings. The van der Waals surface area contributed by atoms with E-state index in [1.807, 2.05) is 12.1 Å². The van der Waals surface area contributed by atoms with Crippen LogP contribution < -0.4 is 11.0 Å². The number of halogens is 3. The van der Waals surface area contributed by atoms with Crippen LogP contribution in [0, 0.1) is 12.7 Å². The number of aryl methyl sites for hydroxylation is 3. The molecular weight excluding hydrogens is 435 g/mol. The topological polar surface area (TPSA) is 74.0 Å². The number of imidazole rings is 1. The number of nitrogens with one attached hydrogen (secondary N) is 1. The van der Waals surface area contributed by atoms with Crippen molar-refractivity contribution in [3.8, 4) is 0 Å². The lowest BCUT2D eigenvalue weighted by Gasteiger charge is -2.21. The molecule has 0 amide bonds. The summed E-state index contributed by atoms with van der Waals surface area (Å²) in [7, 11) is 4.51. The number of nitrogens with zero attached hydrogens (tertiary/aromatic N) is 4. The fraction of sp³-hybridized carbons (Fsp3) is 0.348. The first kappa shape index (κ1) is 22.8. The number of methoxy groups -OCH3 is 1. The monoisotopic (exact) mass is 459 g/mol. The van der Waals surface area contributed by atoms with Crippen LogP contribution in [0.2, 0.25) is 0 Å². The first-order valence-corrected chi connectivity index (χ1v) is 10.3. The molecule has 0 unspecified atom stereocenters. The van der Waals surface area contributed by atoms with Gasteiger partial charge < -0.3 is 10.1 Å². The van der Waals surface area contributed by atoms with Crippen LogP contribution in [0.3, 0.4) is 0 Å². The van der Waals surface area contributed by atoms with E-state index in [9.17, 15) is 13.6 Å². The van der Waals surface area contributed by atoms with Crippen molar-refractivity contribution < 1.29 is 17.9 Å². The Morgan fingerprint density at radius 3 is 2.39 bits per heavy atom. The molecule has 33 heavy (non-hydrogen) atoms. The number of hydrogen-bond donors (Lipinski definition) is 1. The molecule has 7 nitrogen and oxygen atoms in total. The van der Waals surface area contributed by atoms with Gasteiger partial charge >= 0.3 is 5.69 Å². The minimum Gasteiger partial charge on any atom is -0.378 e. The molecule has 0 saturated heterocycles. The van der Waals surface area contributed by atoms with Crippen molar-refractivity contribution >= 4 is 27.6 Å². The normalized spacial score (nSPS) is 13.1. The van der Waals surface area contributed by atoms with Crippen LogP contribution >= 0.6 is 0 Å². The van der Waals surface area contributed by atoms with Gasteiger partial charge in [-0.1, -0.05) is 12.1 Å². The maximum absolute atomic E-state index is 15.1. The molecule has 0 radical (unpaired) electrons. The third-order valence-electron chi connectivity index (χ3n) is 5.92. The van der Waals surface area contributed by atoms with Gasteiger partial charge in [-0.15, -0.1) is 5.10 Å². The lowest BCUT2D eigenvalue weighted by Crippen LogP contribution is -2.23. The SMILES string of the molecule is COCC(F)(F)c1cccc([C@@H](C)Nc2nnc(C)c3cc4c(cc23)n(C)c(=O)n4C)c1F. The highest BCUT2D eigenvalue weighted by Gasteiger charge is 2.36. The van der Waals surface area contributed by atoms with E-state index >= 15 is 4.39 Å². The van der Waals surface area contributed by atoms with E-state index in [1.54, 1.807) is 32.5 Å². The summed E-state index contributed by atoms with van der Waals surface area (Å²) in [5.41, 5.74) is 1.27. The van der Waals surface area contributed by atoms with Crippen LogP contribution in [0.1, 0.15) is 29.8 Å². The van der Waals surface area contributed by atoms with Gasteiger partial charge in [0.15, 0.2) is 5.82 Å². The van der Waals surface area contributed by atoms with E-state index in [2.05, 4.69) is 20.3 Å². The molecule has 10 heteroatoms. The van der Waals surface area contributed by atoms with Crippen molar-refractivity contribution in [2.45, 2.75) is 25.8 Å². The minimum absolute atomic E-state index is 0.0620. The molecule has 2 aromatic heterocycles. The molecule has 0 spiro atoms. The molecular formula is C23H24F3N5O2. The molecule has 0 fully saturated rings. The Morgan fingerprint density at radius 2 is 1.76 bits per heavy atom. The molecule has 174 valence electrons. The summed E-state index contributed by atoms with van der Waals surface area (Å²) in [5, 5.41) is 13.0. The summed E-state index contributed by atoms with van der Waals surface area (Å²) in [6, 6.07) is 6.87. The zero-order valence-corrected chi connectivity index (χ0v) is 18.9. The quantitative estimate of drug-likeness (QED) is 0.468. The molecule has 0 bridgehead atoms. The van der Waals surface area contributed by atoms with Crippen LogP contribution in [0.4, 0.5) is 19.0 Å². The summed E-state index contributed by atoms with van der Waals surface area (Å²) in [5.74, 6) is -4.11. The number of hydrogen-bond acceptors (Lipinski definition) is 5. The Morgan fingerprint density at radius 1 is 1.12 bits per heavy atom. The number of rotatable bonds is 6. The highest BCUT2D eigenvalue weighted by Crippen LogP contribution is 2.35. The number of fused-ring (bicyclic) bond motifs is 2. The van der Waals surface area contributed by atoms with Crippen LogP contribution in [0.15, 0.2) is 35.1 Å². The van der Waals surface area contributed by atoms with Crippen LogP contribution in [-0.2, 0) is 24.8 Å². The van der Waals surface area contributed by atoms with Crippen LogP contribution in [0.25, 0.3) is 21.8 Å². The molecule has 0 aliphatic heterocycles. The molecule has 2 heterocycles. The van der Waals surface area contributed by atoms with Gasteiger partial charge in [0.2, 0.25) is 0 Å². The summed E-state index contributed by atoms with van der Waals surface area (Å²) < 4.78 is 51.3. The number of benzene rings is 2. The lowest BCUT2D eigenvalue weighted by molar-refractivity contribution is -0.0722. The fourth-order valence-corrected chi connectivity index (χ4v) is 4.09. The van der Waals surface area contributed by atoms with Gasteiger partial charge in [0.25, 0.3) is 5.92 Å². The predicted octanol–water partition coefficient (Wildman–Crippen LogP) is 4.18. The van der Waals surface area contributed by atoms with E-state index in [-0.39, 0.29) is 11.3 Å². The minimum atomic E-state index is -3.46. The van der Waals surface area contributed by atoms with Crippen molar-refractivity contribution in [2.24, 2.45) is 14.1 Å². The Hall–Kier alpha value is -3.40. The third kappa shape index (κ3) is 3.74. The van der Waals surface area contributed by atoms with Crippen molar-refractivity contribution in [3.05, 3.63) is 63.5 Å². The molecule has 4 aromatic rings. The highest BCUT2D eigenvalue weighted by molar-refractivity contribution is 6.01. The fourth-order valence-electron chi connectivity index (χ4n) is 4.09. The van der Waals surface area contributed by atoms with Crippen molar-refractivity contribution in [2.75, 3.05) is 19.0 Å². The molecule has 0 aliphatic carbocycles. The molecule has 1 N–H and O–H groups in total. The van der Waals surface area contributed by atoms with E-state index < -0.39 is 30.0 Å². The van der Waals surface area contributed by atoms with Gasteiger partial charge in [-0.2, -0.15) is 13.9 Å². The zero-order chi connectivity index (χ0) is 24.1. The molecule has 4 rings (SSSR count). The van der Waals surface area contributed by atoms with Crippen molar-refractivity contribution in [1.82, 2.24) is 19.3 Å². The van der Waals surface area contributed by atoms with E-state index in [0.29, 0.717) is 22.4 Å². The largest absolute Gasteiger partial charge is 0.378 e. The first-order valence-electron chi connectivity index (χ1n) is 10.3. The Balaban J connectivity index is 1.80. The van der Waals surface area contributed by atoms with Crippen molar-refractivity contribution in [1.29, 1.82) is 0 Å². The predicted molar refractivity (Wildman–Crippen MR) is 120 cm³/mol. The van der Waals surface area contributed by atoms with Crippen molar-refractivity contribution in [3.63, 3.8) is 0 Å². The summed E-state index contributed by atoms with van der Waals surface area (Å²) in [6.45, 7) is 2.53. The molecule has 0 saturated carbocycles. The van der Waals surface area contributed by atoms with Gasteiger partial charge in [0.1, 0.15) is 12.4 Å². The maximum atomic E-state index is 15.1. The number of anilines is 1. The van der Waals surface area contributed by atoms with Crippen LogP contribution in [0.5, 0.6) is 0 Å². The van der Waals surface area contributed by atoms with E-state index in [1.165, 1.54) is 16.7 Å². The van der Waals surface area contributed by atoms with Gasteiger partial charge in [-0.05, 0) is 32.0 Å². The van der Waals surface area contributed by atoms with Crippen LogP contribution in [-0.4, -0.2) is 33.0 Å². The van der Waals surface area contributed by atoms with Gasteiger partial charge in [-0.3, -0.25) is 9.13 Å². The Kier molecular flexibility index (Phi) is 5.65. The second-order valence-corrected chi connectivity index (χ2v) is 8.13. The van der Waals surface area contributed by atoms with Gasteiger partial charge in [0.05, 0.1) is 28.3 Å². The smallest absolute Gasteiger partial charge is 0.328 e. The maximum Gasteiger partial charge on any atom is 0.328 e.